The van der Waals surface area contributed by atoms with Crippen LogP contribution in [0.15, 0.2) is 11.6 Å². The Labute approximate surface area is 93.1 Å². The molecule has 2 aromatic heterocycles. The molecule has 15 heavy (non-hydrogen) atoms. The maximum Gasteiger partial charge on any atom is 0.194 e. The van der Waals surface area contributed by atoms with Crippen LogP contribution in [0.3, 0.4) is 0 Å². The van der Waals surface area contributed by atoms with Crippen molar-refractivity contribution >= 4 is 16.3 Å². The number of nitrogens with one attached hydrogen (secondary N) is 1. The molecule has 0 aliphatic heterocycles. The monoisotopic (exact) mass is 219 g/mol. The Bertz CT molecular complexity index is 503. The van der Waals surface area contributed by atoms with Crippen molar-refractivity contribution in [2.75, 3.05) is 0 Å². The van der Waals surface area contributed by atoms with Crippen molar-refractivity contribution in [1.82, 2.24) is 14.7 Å². The van der Waals surface area contributed by atoms with Crippen LogP contribution in [0, 0.1) is 19.3 Å². The SMILES string of the molecule is C#CC(C)NCc1c(C)nc2sccn12. The lowest BCUT2D eigenvalue weighted by molar-refractivity contribution is 0.632. The molecule has 0 radical (unpaired) electrons. The summed E-state index contributed by atoms with van der Waals surface area (Å²) in [6.45, 7) is 4.76. The van der Waals surface area contributed by atoms with Crippen LogP contribution in [0.25, 0.3) is 4.96 Å². The van der Waals surface area contributed by atoms with Gasteiger partial charge in [-0.25, -0.2) is 4.98 Å². The Morgan fingerprint density at radius 1 is 1.73 bits per heavy atom. The van der Waals surface area contributed by atoms with Crippen LogP contribution < -0.4 is 5.32 Å². The standard InChI is InChI=1S/C11H13N3S/c1-4-8(2)12-7-10-9(3)13-11-14(10)5-6-15-11/h1,5-6,8,12H,7H2,2-3H3. The number of thiazole rings is 1. The van der Waals surface area contributed by atoms with Crippen molar-refractivity contribution in [2.45, 2.75) is 26.4 Å². The predicted molar refractivity (Wildman–Crippen MR) is 62.9 cm³/mol. The van der Waals surface area contributed by atoms with Crippen molar-refractivity contribution in [2.24, 2.45) is 0 Å². The first-order valence-corrected chi connectivity index (χ1v) is 5.71. The second kappa shape index (κ2) is 4.05. The number of hydrogen-bond acceptors (Lipinski definition) is 3. The van der Waals surface area contributed by atoms with Crippen LogP contribution in [-0.4, -0.2) is 15.4 Å². The van der Waals surface area contributed by atoms with E-state index in [1.807, 2.05) is 25.4 Å². The van der Waals surface area contributed by atoms with Gasteiger partial charge in [-0.1, -0.05) is 5.92 Å². The Morgan fingerprint density at radius 3 is 3.27 bits per heavy atom. The molecule has 1 atom stereocenters. The summed E-state index contributed by atoms with van der Waals surface area (Å²) in [5.74, 6) is 2.65. The number of aromatic nitrogens is 2. The van der Waals surface area contributed by atoms with Gasteiger partial charge in [0.05, 0.1) is 17.4 Å². The molecule has 1 unspecified atom stereocenters. The molecule has 0 spiro atoms. The number of nitrogens with zero attached hydrogens (tertiary/aromatic N) is 2. The minimum Gasteiger partial charge on any atom is -0.298 e. The van der Waals surface area contributed by atoms with Gasteiger partial charge in [-0.2, -0.15) is 0 Å². The summed E-state index contributed by atoms with van der Waals surface area (Å²) in [6, 6.07) is 0.0913. The molecule has 0 aromatic carbocycles. The van der Waals surface area contributed by atoms with Gasteiger partial charge >= 0.3 is 0 Å². The lowest BCUT2D eigenvalue weighted by atomic mass is 10.3. The van der Waals surface area contributed by atoms with Crippen LogP contribution in [-0.2, 0) is 6.54 Å². The molecule has 0 saturated heterocycles. The molecule has 0 aliphatic rings. The van der Waals surface area contributed by atoms with Gasteiger partial charge in [0.25, 0.3) is 0 Å². The summed E-state index contributed by atoms with van der Waals surface area (Å²) < 4.78 is 2.11. The van der Waals surface area contributed by atoms with Gasteiger partial charge < -0.3 is 0 Å². The maximum atomic E-state index is 5.31. The van der Waals surface area contributed by atoms with E-state index < -0.39 is 0 Å². The number of imidazole rings is 1. The molecule has 0 fully saturated rings. The molecule has 0 saturated carbocycles. The zero-order valence-corrected chi connectivity index (χ0v) is 9.64. The van der Waals surface area contributed by atoms with E-state index in [4.69, 9.17) is 6.42 Å². The zero-order chi connectivity index (χ0) is 10.8. The Kier molecular flexibility index (Phi) is 2.76. The summed E-state index contributed by atoms with van der Waals surface area (Å²) >= 11 is 1.65. The van der Waals surface area contributed by atoms with Gasteiger partial charge in [-0.05, 0) is 13.8 Å². The maximum absolute atomic E-state index is 5.31. The fraction of sp³-hybridized carbons (Fsp3) is 0.364. The van der Waals surface area contributed by atoms with E-state index in [0.29, 0.717) is 0 Å². The highest BCUT2D eigenvalue weighted by Gasteiger charge is 2.09. The van der Waals surface area contributed by atoms with E-state index >= 15 is 0 Å². The summed E-state index contributed by atoms with van der Waals surface area (Å²) in [7, 11) is 0. The fourth-order valence-corrected chi connectivity index (χ4v) is 2.24. The predicted octanol–water partition coefficient (Wildman–Crippen LogP) is 1.82. The molecule has 4 heteroatoms. The fourth-order valence-electron chi connectivity index (χ4n) is 1.46. The summed E-state index contributed by atoms with van der Waals surface area (Å²) in [5.41, 5.74) is 2.26. The second-order valence-electron chi connectivity index (χ2n) is 3.47. The first kappa shape index (κ1) is 10.2. The lowest BCUT2D eigenvalue weighted by Gasteiger charge is -2.07. The average molecular weight is 219 g/mol. The van der Waals surface area contributed by atoms with Crippen LogP contribution in [0.1, 0.15) is 18.3 Å². The lowest BCUT2D eigenvalue weighted by Crippen LogP contribution is -2.24. The molecule has 3 nitrogen and oxygen atoms in total. The number of fused-ring (bicyclic) bond motifs is 1. The van der Waals surface area contributed by atoms with Crippen LogP contribution in [0.4, 0.5) is 0 Å². The topological polar surface area (TPSA) is 29.3 Å². The third-order valence-electron chi connectivity index (χ3n) is 2.39. The largest absolute Gasteiger partial charge is 0.298 e. The Hall–Kier alpha value is -1.31. The normalized spacial score (nSPS) is 12.9. The van der Waals surface area contributed by atoms with E-state index in [9.17, 15) is 0 Å². The third kappa shape index (κ3) is 1.89. The molecule has 1 N–H and O–H groups in total. The van der Waals surface area contributed by atoms with Gasteiger partial charge in [0.2, 0.25) is 0 Å². The number of terminal acetylenes is 1. The summed E-state index contributed by atoms with van der Waals surface area (Å²) in [4.78, 5) is 5.51. The van der Waals surface area contributed by atoms with E-state index in [1.165, 1.54) is 5.69 Å². The highest BCUT2D eigenvalue weighted by Crippen LogP contribution is 2.16. The van der Waals surface area contributed by atoms with Gasteiger partial charge in [0, 0.05) is 18.1 Å². The molecule has 0 aliphatic carbocycles. The third-order valence-corrected chi connectivity index (χ3v) is 3.14. The van der Waals surface area contributed by atoms with Crippen LogP contribution in [0.2, 0.25) is 0 Å². The van der Waals surface area contributed by atoms with E-state index in [1.54, 1.807) is 11.3 Å². The number of rotatable bonds is 3. The van der Waals surface area contributed by atoms with Crippen LogP contribution in [0.5, 0.6) is 0 Å². The summed E-state index contributed by atoms with van der Waals surface area (Å²) in [6.07, 6.45) is 7.35. The van der Waals surface area contributed by atoms with Crippen molar-refractivity contribution in [3.8, 4) is 12.3 Å². The van der Waals surface area contributed by atoms with Gasteiger partial charge in [0.1, 0.15) is 0 Å². The van der Waals surface area contributed by atoms with Gasteiger partial charge in [-0.3, -0.25) is 9.72 Å². The van der Waals surface area contributed by atoms with Gasteiger partial charge in [-0.15, -0.1) is 17.8 Å². The zero-order valence-electron chi connectivity index (χ0n) is 8.82. The van der Waals surface area contributed by atoms with Crippen LogP contribution >= 0.6 is 11.3 Å². The molecular formula is C11H13N3S. The van der Waals surface area contributed by atoms with E-state index in [-0.39, 0.29) is 6.04 Å². The molecule has 0 amide bonds. The van der Waals surface area contributed by atoms with Crippen molar-refractivity contribution in [3.63, 3.8) is 0 Å². The molecule has 78 valence electrons. The number of aryl methyl sites for hydroxylation is 1. The minimum atomic E-state index is 0.0913. The summed E-state index contributed by atoms with van der Waals surface area (Å²) in [5, 5.41) is 5.30. The first-order valence-electron chi connectivity index (χ1n) is 4.83. The smallest absolute Gasteiger partial charge is 0.194 e. The van der Waals surface area contributed by atoms with E-state index in [2.05, 4.69) is 20.6 Å². The molecule has 2 rings (SSSR count). The van der Waals surface area contributed by atoms with Crippen molar-refractivity contribution < 1.29 is 0 Å². The molecule has 2 aromatic rings. The quantitative estimate of drug-likeness (QED) is 0.798. The molecule has 0 bridgehead atoms. The van der Waals surface area contributed by atoms with Gasteiger partial charge in [0.15, 0.2) is 4.96 Å². The van der Waals surface area contributed by atoms with Crippen molar-refractivity contribution in [1.29, 1.82) is 0 Å². The number of hydrogen-bond donors (Lipinski definition) is 1. The first-order chi connectivity index (χ1) is 7.22. The molecule has 2 heterocycles. The molecular weight excluding hydrogens is 206 g/mol. The highest BCUT2D eigenvalue weighted by molar-refractivity contribution is 7.15. The Balaban J connectivity index is 2.23. The second-order valence-corrected chi connectivity index (χ2v) is 4.34. The Morgan fingerprint density at radius 2 is 2.53 bits per heavy atom. The minimum absolute atomic E-state index is 0.0913. The highest BCUT2D eigenvalue weighted by atomic mass is 32.1. The van der Waals surface area contributed by atoms with Crippen molar-refractivity contribution in [3.05, 3.63) is 23.0 Å². The average Bonchev–Trinajstić information content (AvgIpc) is 2.75. The van der Waals surface area contributed by atoms with E-state index in [0.717, 1.165) is 17.2 Å².